The third-order valence-electron chi connectivity index (χ3n) is 9.99. The first-order valence-electron chi connectivity index (χ1n) is 17.3. The molecule has 5 aromatic rings. The van der Waals surface area contributed by atoms with Crippen LogP contribution in [0.5, 0.6) is 23.0 Å². The molecule has 52 heavy (non-hydrogen) atoms. The molecule has 0 saturated carbocycles. The largest absolute Gasteiger partial charge is 0.508 e. The van der Waals surface area contributed by atoms with E-state index in [0.717, 1.165) is 18.7 Å². The number of phenolic OH excluding ortho intramolecular Hbond substituents is 2. The topological polar surface area (TPSA) is 155 Å². The number of esters is 1. The molecule has 3 heterocycles. The van der Waals surface area contributed by atoms with Gasteiger partial charge in [-0.3, -0.25) is 9.88 Å². The van der Waals surface area contributed by atoms with Crippen LogP contribution in [0.4, 0.5) is 0 Å². The Morgan fingerprint density at radius 2 is 1.44 bits per heavy atom. The maximum Gasteiger partial charge on any atom is 0.341 e. The molecule has 268 valence electrons. The molecule has 5 N–H and O–H groups in total. The third kappa shape index (κ3) is 6.35. The van der Waals surface area contributed by atoms with Crippen molar-refractivity contribution in [3.05, 3.63) is 148 Å². The first-order chi connectivity index (χ1) is 24.9. The molecule has 10 nitrogen and oxygen atoms in total. The summed E-state index contributed by atoms with van der Waals surface area (Å²) in [6.07, 6.45) is 2.83. The summed E-state index contributed by atoms with van der Waals surface area (Å²) in [6, 6.07) is 31.0. The summed E-state index contributed by atoms with van der Waals surface area (Å²) in [5.74, 6) is -1.65. The number of aromatic nitrogens is 1. The average Bonchev–Trinajstić information content (AvgIpc) is 3.42. The summed E-state index contributed by atoms with van der Waals surface area (Å²) < 4.78 is 11.7. The number of nitrogens with two attached hydrogens (primary N) is 1. The second-order valence-electron chi connectivity index (χ2n) is 13.6. The second-order valence-corrected chi connectivity index (χ2v) is 13.6. The zero-order chi connectivity index (χ0) is 37.2. The number of hydrogen-bond acceptors (Lipinski definition) is 9. The summed E-state index contributed by atoms with van der Waals surface area (Å²) in [7, 11) is 0. The van der Waals surface area contributed by atoms with Gasteiger partial charge in [0.1, 0.15) is 23.0 Å². The SMILES string of the molecule is CC(C)N(CCC(CN)(c1ccccc1)c1ccccn1)C(C)C.O=C(O)c1cccc2c1C(=O)OC21c2ccc(O)cc2Oc2cc(O)ccc21. The number of carboxylic acids is 1. The standard InChI is InChI=1S/C21H31N3.C21H12O7/c1-17(2)24(18(3)4)15-13-21(16-22,19-10-6-5-7-11-19)20-12-8-9-14-23-20;22-10-4-6-13-16(8-10)27-17-9-11(23)5-7-14(17)21(13)15-3-1-2-12(19(24)25)18(15)20(26)28-21/h5-12,14,17-18H,13,15-16,22H2,1-4H3;1-9,22-23H,(H,24,25). The van der Waals surface area contributed by atoms with Crippen LogP contribution in [0.25, 0.3) is 0 Å². The number of phenols is 2. The molecular weight excluding hydrogens is 658 g/mol. The van der Waals surface area contributed by atoms with Gasteiger partial charge in [0.25, 0.3) is 0 Å². The molecule has 0 bridgehead atoms. The minimum absolute atomic E-state index is 0.0325. The Hall–Kier alpha value is -5.71. The van der Waals surface area contributed by atoms with Crippen LogP contribution in [0.2, 0.25) is 0 Å². The highest BCUT2D eigenvalue weighted by atomic mass is 16.6. The number of carbonyl (C=O) groups is 2. The molecule has 0 amide bonds. The normalized spacial score (nSPS) is 14.8. The van der Waals surface area contributed by atoms with Crippen LogP contribution in [-0.4, -0.2) is 62.3 Å². The molecule has 0 fully saturated rings. The van der Waals surface area contributed by atoms with Gasteiger partial charge in [-0.15, -0.1) is 0 Å². The van der Waals surface area contributed by atoms with E-state index in [0.29, 0.717) is 35.3 Å². The van der Waals surface area contributed by atoms with Crippen molar-refractivity contribution < 1.29 is 34.4 Å². The van der Waals surface area contributed by atoms with Gasteiger partial charge in [-0.25, -0.2) is 9.59 Å². The van der Waals surface area contributed by atoms with Crippen molar-refractivity contribution >= 4 is 11.9 Å². The molecule has 1 aromatic heterocycles. The third-order valence-corrected chi connectivity index (χ3v) is 9.99. The maximum atomic E-state index is 12.8. The summed E-state index contributed by atoms with van der Waals surface area (Å²) >= 11 is 0. The molecule has 1 unspecified atom stereocenters. The molecule has 0 aliphatic carbocycles. The number of fused-ring (bicyclic) bond motifs is 6. The van der Waals surface area contributed by atoms with E-state index in [2.05, 4.69) is 80.0 Å². The Kier molecular flexibility index (Phi) is 10.1. The van der Waals surface area contributed by atoms with E-state index in [1.165, 1.54) is 35.9 Å². The van der Waals surface area contributed by atoms with Crippen molar-refractivity contribution in [2.75, 3.05) is 13.1 Å². The molecule has 7 rings (SSSR count). The maximum absolute atomic E-state index is 12.8. The average molecular weight is 702 g/mol. The highest BCUT2D eigenvalue weighted by molar-refractivity contribution is 6.06. The van der Waals surface area contributed by atoms with Crippen molar-refractivity contribution in [1.82, 2.24) is 9.88 Å². The number of carboxylic acid groups (broad SMARTS) is 1. The zero-order valence-electron chi connectivity index (χ0n) is 29.6. The Bertz CT molecular complexity index is 1980. The molecular formula is C42H43N3O7. The molecule has 10 heteroatoms. The quantitative estimate of drug-likeness (QED) is 0.116. The van der Waals surface area contributed by atoms with Crippen LogP contribution in [0.1, 0.15) is 82.8 Å². The number of rotatable bonds is 9. The fourth-order valence-electron chi connectivity index (χ4n) is 7.51. The van der Waals surface area contributed by atoms with Crippen LogP contribution in [0.3, 0.4) is 0 Å². The lowest BCUT2D eigenvalue weighted by Gasteiger charge is -2.37. The summed E-state index contributed by atoms with van der Waals surface area (Å²) in [5.41, 5.74) is 8.01. The Balaban J connectivity index is 0.000000181. The van der Waals surface area contributed by atoms with Gasteiger partial charge in [0.15, 0.2) is 5.60 Å². The number of nitrogens with zero attached hydrogens (tertiary/aromatic N) is 2. The number of benzene rings is 4. The van der Waals surface area contributed by atoms with Gasteiger partial charge in [-0.2, -0.15) is 0 Å². The van der Waals surface area contributed by atoms with Gasteiger partial charge in [-0.1, -0.05) is 48.5 Å². The van der Waals surface area contributed by atoms with Crippen molar-refractivity contribution in [2.45, 2.75) is 57.2 Å². The van der Waals surface area contributed by atoms with E-state index in [1.54, 1.807) is 24.3 Å². The minimum atomic E-state index is -1.46. The van der Waals surface area contributed by atoms with Crippen molar-refractivity contribution in [1.29, 1.82) is 0 Å². The van der Waals surface area contributed by atoms with Crippen LogP contribution in [-0.2, 0) is 15.8 Å². The number of pyridine rings is 1. The molecule has 1 atom stereocenters. The van der Waals surface area contributed by atoms with Gasteiger partial charge in [-0.05, 0) is 88.7 Å². The number of hydrogen-bond donors (Lipinski definition) is 4. The molecule has 1 spiro atoms. The summed E-state index contributed by atoms with van der Waals surface area (Å²) in [5, 5.41) is 29.3. The first-order valence-corrected chi connectivity index (χ1v) is 17.3. The first kappa shape index (κ1) is 36.1. The van der Waals surface area contributed by atoms with Crippen LogP contribution in [0.15, 0.2) is 109 Å². The smallest absolute Gasteiger partial charge is 0.341 e. The van der Waals surface area contributed by atoms with Gasteiger partial charge < -0.3 is 30.5 Å². The fourth-order valence-corrected chi connectivity index (χ4v) is 7.51. The van der Waals surface area contributed by atoms with E-state index < -0.39 is 17.5 Å². The number of aromatic carboxylic acids is 1. The van der Waals surface area contributed by atoms with E-state index >= 15 is 0 Å². The Morgan fingerprint density at radius 1 is 0.827 bits per heavy atom. The lowest BCUT2D eigenvalue weighted by atomic mass is 9.74. The molecule has 0 saturated heterocycles. The van der Waals surface area contributed by atoms with Gasteiger partial charge in [0.2, 0.25) is 0 Å². The van der Waals surface area contributed by atoms with Crippen molar-refractivity contribution in [3.8, 4) is 23.0 Å². The van der Waals surface area contributed by atoms with Gasteiger partial charge >= 0.3 is 11.9 Å². The highest BCUT2D eigenvalue weighted by Gasteiger charge is 2.54. The second kappa shape index (κ2) is 14.5. The molecule has 4 aromatic carbocycles. The Morgan fingerprint density at radius 3 is 1.98 bits per heavy atom. The van der Waals surface area contributed by atoms with Crippen LogP contribution < -0.4 is 10.5 Å². The summed E-state index contributed by atoms with van der Waals surface area (Å²) in [4.78, 5) is 31.6. The number of aromatic hydroxyl groups is 2. The summed E-state index contributed by atoms with van der Waals surface area (Å²) in [6.45, 7) is 10.6. The zero-order valence-corrected chi connectivity index (χ0v) is 29.6. The molecule has 2 aliphatic heterocycles. The van der Waals surface area contributed by atoms with E-state index in [4.69, 9.17) is 15.2 Å². The van der Waals surface area contributed by atoms with Crippen molar-refractivity contribution in [3.63, 3.8) is 0 Å². The minimum Gasteiger partial charge on any atom is -0.508 e. The fraction of sp³-hybridized carbons (Fsp3) is 0.262. The van der Waals surface area contributed by atoms with E-state index in [1.807, 2.05) is 12.3 Å². The van der Waals surface area contributed by atoms with E-state index in [-0.39, 0.29) is 39.5 Å². The van der Waals surface area contributed by atoms with Gasteiger partial charge in [0.05, 0.1) is 22.2 Å². The van der Waals surface area contributed by atoms with Crippen molar-refractivity contribution in [2.24, 2.45) is 5.73 Å². The molecule has 2 aliphatic rings. The van der Waals surface area contributed by atoms with Crippen LogP contribution in [0, 0.1) is 0 Å². The lowest BCUT2D eigenvalue weighted by Crippen LogP contribution is -2.44. The predicted octanol–water partition coefficient (Wildman–Crippen LogP) is 7.20. The monoisotopic (exact) mass is 701 g/mol. The number of ether oxygens (including phenoxy) is 2. The van der Waals surface area contributed by atoms with Crippen LogP contribution >= 0.6 is 0 Å². The lowest BCUT2D eigenvalue weighted by molar-refractivity contribution is 0.0222. The highest BCUT2D eigenvalue weighted by Crippen LogP contribution is 2.57. The number of carbonyl (C=O) groups excluding carboxylic acids is 1. The van der Waals surface area contributed by atoms with E-state index in [9.17, 15) is 24.9 Å². The predicted molar refractivity (Wildman–Crippen MR) is 197 cm³/mol. The molecule has 0 radical (unpaired) electrons. The van der Waals surface area contributed by atoms with Gasteiger partial charge in [0, 0.05) is 53.6 Å². The Labute approximate surface area is 303 Å².